The number of ether oxygens (including phenoxy) is 1. The quantitative estimate of drug-likeness (QED) is 0.608. The number of nitrogens with two attached hydrogens (primary N) is 1. The minimum atomic E-state index is 0.750. The molecular formula is C9H17NO. The minimum absolute atomic E-state index is 0.750. The van der Waals surface area contributed by atoms with Crippen molar-refractivity contribution in [2.24, 2.45) is 11.7 Å². The molecule has 1 fully saturated rings. The maximum Gasteiger partial charge on any atom is 0.0675 e. The Labute approximate surface area is 68.4 Å². The Morgan fingerprint density at radius 3 is 2.82 bits per heavy atom. The molecule has 0 unspecified atom stereocenters. The topological polar surface area (TPSA) is 35.2 Å². The summed E-state index contributed by atoms with van der Waals surface area (Å²) in [4.78, 5) is 0. The number of methoxy groups -OCH3 is 1. The van der Waals surface area contributed by atoms with Crippen molar-refractivity contribution in [3.8, 4) is 0 Å². The van der Waals surface area contributed by atoms with E-state index in [1.165, 1.54) is 18.4 Å². The van der Waals surface area contributed by atoms with Gasteiger partial charge in [0, 0.05) is 7.11 Å². The van der Waals surface area contributed by atoms with Crippen LogP contribution in [0.15, 0.2) is 11.6 Å². The summed E-state index contributed by atoms with van der Waals surface area (Å²) in [6, 6.07) is 0. The lowest BCUT2D eigenvalue weighted by molar-refractivity contribution is 0.221. The van der Waals surface area contributed by atoms with E-state index in [1.54, 1.807) is 7.11 Å². The molecule has 0 atom stereocenters. The van der Waals surface area contributed by atoms with Gasteiger partial charge in [-0.3, -0.25) is 0 Å². The first-order valence-electron chi connectivity index (χ1n) is 4.26. The van der Waals surface area contributed by atoms with Crippen LogP contribution in [0.25, 0.3) is 0 Å². The molecule has 0 spiro atoms. The normalized spacial score (nSPS) is 18.9. The lowest BCUT2D eigenvalue weighted by Crippen LogP contribution is -2.00. The van der Waals surface area contributed by atoms with Crippen LogP contribution in [-0.2, 0) is 4.74 Å². The van der Waals surface area contributed by atoms with Gasteiger partial charge in [-0.1, -0.05) is 6.08 Å². The second-order valence-electron chi connectivity index (χ2n) is 3.06. The highest BCUT2D eigenvalue weighted by atomic mass is 16.5. The lowest BCUT2D eigenvalue weighted by atomic mass is 10.1. The smallest absolute Gasteiger partial charge is 0.0675 e. The second kappa shape index (κ2) is 4.52. The molecule has 0 bridgehead atoms. The fraction of sp³-hybridized carbons (Fsp3) is 0.778. The van der Waals surface area contributed by atoms with E-state index in [9.17, 15) is 0 Å². The minimum Gasteiger partial charge on any atom is -0.380 e. The summed E-state index contributed by atoms with van der Waals surface area (Å²) >= 11 is 0. The van der Waals surface area contributed by atoms with Gasteiger partial charge in [0.1, 0.15) is 0 Å². The highest BCUT2D eigenvalue weighted by Crippen LogP contribution is 2.36. The van der Waals surface area contributed by atoms with Crippen LogP contribution in [0, 0.1) is 5.92 Å². The molecule has 0 aromatic rings. The van der Waals surface area contributed by atoms with E-state index in [-0.39, 0.29) is 0 Å². The van der Waals surface area contributed by atoms with Gasteiger partial charge in [-0.15, -0.1) is 0 Å². The average molecular weight is 155 g/mol. The fourth-order valence-electron chi connectivity index (χ4n) is 1.23. The molecule has 0 aliphatic heterocycles. The van der Waals surface area contributed by atoms with E-state index in [0.29, 0.717) is 0 Å². The van der Waals surface area contributed by atoms with Crippen molar-refractivity contribution in [1.29, 1.82) is 0 Å². The summed E-state index contributed by atoms with van der Waals surface area (Å²) < 4.78 is 5.09. The maximum atomic E-state index is 5.41. The Balaban J connectivity index is 2.30. The van der Waals surface area contributed by atoms with Crippen molar-refractivity contribution in [3.63, 3.8) is 0 Å². The van der Waals surface area contributed by atoms with Crippen LogP contribution >= 0.6 is 0 Å². The molecule has 11 heavy (non-hydrogen) atoms. The molecule has 1 saturated carbocycles. The van der Waals surface area contributed by atoms with E-state index < -0.39 is 0 Å². The molecule has 2 heteroatoms. The summed E-state index contributed by atoms with van der Waals surface area (Å²) in [6.45, 7) is 1.55. The van der Waals surface area contributed by atoms with E-state index in [1.807, 2.05) is 0 Å². The van der Waals surface area contributed by atoms with Gasteiger partial charge in [-0.05, 0) is 37.3 Å². The molecule has 0 aromatic heterocycles. The van der Waals surface area contributed by atoms with Crippen LogP contribution in [0.1, 0.15) is 19.3 Å². The first-order valence-corrected chi connectivity index (χ1v) is 4.26. The van der Waals surface area contributed by atoms with Gasteiger partial charge in [-0.2, -0.15) is 0 Å². The van der Waals surface area contributed by atoms with Crippen LogP contribution in [0.3, 0.4) is 0 Å². The fourth-order valence-corrected chi connectivity index (χ4v) is 1.23. The maximum absolute atomic E-state index is 5.41. The molecular weight excluding hydrogens is 138 g/mol. The Kier molecular flexibility index (Phi) is 3.60. The van der Waals surface area contributed by atoms with Crippen molar-refractivity contribution in [2.75, 3.05) is 20.3 Å². The summed E-state index contributed by atoms with van der Waals surface area (Å²) in [5.41, 5.74) is 6.86. The first kappa shape index (κ1) is 8.75. The summed E-state index contributed by atoms with van der Waals surface area (Å²) in [5, 5.41) is 0. The van der Waals surface area contributed by atoms with Gasteiger partial charge >= 0.3 is 0 Å². The standard InChI is InChI=1S/C9H17NO/c1-11-7-9(3-2-6-10)8-4-5-8/h3,8H,2,4-7,10H2,1H3. The zero-order chi connectivity index (χ0) is 8.10. The van der Waals surface area contributed by atoms with Gasteiger partial charge in [0.2, 0.25) is 0 Å². The van der Waals surface area contributed by atoms with Gasteiger partial charge < -0.3 is 10.5 Å². The second-order valence-corrected chi connectivity index (χ2v) is 3.06. The molecule has 1 rings (SSSR count). The predicted molar refractivity (Wildman–Crippen MR) is 46.4 cm³/mol. The van der Waals surface area contributed by atoms with Gasteiger partial charge in [0.25, 0.3) is 0 Å². The zero-order valence-electron chi connectivity index (χ0n) is 7.18. The van der Waals surface area contributed by atoms with Crippen LogP contribution in [-0.4, -0.2) is 20.3 Å². The van der Waals surface area contributed by atoms with Crippen molar-refractivity contribution < 1.29 is 4.74 Å². The predicted octanol–water partition coefficient (Wildman–Crippen LogP) is 1.32. The number of rotatable bonds is 5. The largest absolute Gasteiger partial charge is 0.380 e. The molecule has 2 nitrogen and oxygen atoms in total. The highest BCUT2D eigenvalue weighted by Gasteiger charge is 2.24. The van der Waals surface area contributed by atoms with E-state index >= 15 is 0 Å². The molecule has 1 aliphatic rings. The van der Waals surface area contributed by atoms with Crippen LogP contribution in [0.5, 0.6) is 0 Å². The molecule has 0 amide bonds. The molecule has 1 aliphatic carbocycles. The molecule has 0 radical (unpaired) electrons. The number of hydrogen-bond donors (Lipinski definition) is 1. The van der Waals surface area contributed by atoms with Gasteiger partial charge in [-0.25, -0.2) is 0 Å². The average Bonchev–Trinajstić information content (AvgIpc) is 2.80. The van der Waals surface area contributed by atoms with Crippen LogP contribution in [0.4, 0.5) is 0 Å². The van der Waals surface area contributed by atoms with Crippen molar-refractivity contribution in [1.82, 2.24) is 0 Å². The Hall–Kier alpha value is -0.340. The Morgan fingerprint density at radius 2 is 2.36 bits per heavy atom. The third kappa shape index (κ3) is 3.04. The summed E-state index contributed by atoms with van der Waals surface area (Å²) in [5.74, 6) is 0.821. The zero-order valence-corrected chi connectivity index (χ0v) is 7.18. The molecule has 2 N–H and O–H groups in total. The van der Waals surface area contributed by atoms with E-state index in [2.05, 4.69) is 6.08 Å². The SMILES string of the molecule is COCC(=CCCN)C1CC1. The Morgan fingerprint density at radius 1 is 1.64 bits per heavy atom. The van der Waals surface area contributed by atoms with E-state index in [4.69, 9.17) is 10.5 Å². The Bertz CT molecular complexity index is 138. The van der Waals surface area contributed by atoms with Crippen LogP contribution in [0.2, 0.25) is 0 Å². The van der Waals surface area contributed by atoms with Crippen molar-refractivity contribution in [2.45, 2.75) is 19.3 Å². The van der Waals surface area contributed by atoms with E-state index in [0.717, 1.165) is 25.5 Å². The monoisotopic (exact) mass is 155 g/mol. The van der Waals surface area contributed by atoms with Crippen molar-refractivity contribution in [3.05, 3.63) is 11.6 Å². The van der Waals surface area contributed by atoms with Crippen molar-refractivity contribution >= 4 is 0 Å². The third-order valence-corrected chi connectivity index (χ3v) is 1.99. The lowest BCUT2D eigenvalue weighted by Gasteiger charge is -2.03. The molecule has 0 heterocycles. The van der Waals surface area contributed by atoms with Crippen LogP contribution < -0.4 is 5.73 Å². The van der Waals surface area contributed by atoms with Gasteiger partial charge in [0.15, 0.2) is 0 Å². The summed E-state index contributed by atoms with van der Waals surface area (Å²) in [6.07, 6.45) is 5.93. The molecule has 0 saturated heterocycles. The molecule has 0 aromatic carbocycles. The number of hydrogen-bond acceptors (Lipinski definition) is 2. The van der Waals surface area contributed by atoms with Gasteiger partial charge in [0.05, 0.1) is 6.61 Å². The first-order chi connectivity index (χ1) is 5.38. The molecule has 64 valence electrons. The highest BCUT2D eigenvalue weighted by molar-refractivity contribution is 5.12. The summed E-state index contributed by atoms with van der Waals surface area (Å²) in [7, 11) is 1.75. The third-order valence-electron chi connectivity index (χ3n) is 1.99.